The molecule has 1 amide bonds. The van der Waals surface area contributed by atoms with E-state index in [0.717, 1.165) is 43.5 Å². The monoisotopic (exact) mass is 294 g/mol. The zero-order valence-corrected chi connectivity index (χ0v) is 12.7. The Morgan fingerprint density at radius 3 is 2.64 bits per heavy atom. The summed E-state index contributed by atoms with van der Waals surface area (Å²) in [5.74, 6) is 0.0419. The minimum absolute atomic E-state index is 0.0419. The maximum absolute atomic E-state index is 12.6. The molecule has 1 saturated heterocycles. The number of nitrogens with one attached hydrogen (secondary N) is 2. The SMILES string of the molecule is O=C(NC1CCCNC1)c1ccccc1Cc1ccccc1. The van der Waals surface area contributed by atoms with Gasteiger partial charge in [0.25, 0.3) is 5.91 Å². The highest BCUT2D eigenvalue weighted by Crippen LogP contribution is 2.15. The second kappa shape index (κ2) is 7.23. The molecular formula is C19H22N2O. The average molecular weight is 294 g/mol. The molecule has 0 saturated carbocycles. The van der Waals surface area contributed by atoms with Crippen molar-refractivity contribution in [3.05, 3.63) is 71.3 Å². The Labute approximate surface area is 131 Å². The number of rotatable bonds is 4. The Kier molecular flexibility index (Phi) is 4.86. The number of carbonyl (C=O) groups is 1. The first-order valence-corrected chi connectivity index (χ1v) is 7.96. The van der Waals surface area contributed by atoms with Gasteiger partial charge in [0.2, 0.25) is 0 Å². The topological polar surface area (TPSA) is 41.1 Å². The van der Waals surface area contributed by atoms with E-state index in [-0.39, 0.29) is 11.9 Å². The molecular weight excluding hydrogens is 272 g/mol. The lowest BCUT2D eigenvalue weighted by molar-refractivity contribution is 0.0930. The third-order valence-corrected chi connectivity index (χ3v) is 4.13. The lowest BCUT2D eigenvalue weighted by atomic mass is 9.98. The van der Waals surface area contributed by atoms with Gasteiger partial charge in [0.15, 0.2) is 0 Å². The third-order valence-electron chi connectivity index (χ3n) is 4.13. The van der Waals surface area contributed by atoms with Gasteiger partial charge >= 0.3 is 0 Å². The van der Waals surface area contributed by atoms with E-state index in [1.807, 2.05) is 42.5 Å². The molecule has 2 aromatic carbocycles. The molecule has 0 aromatic heterocycles. The van der Waals surface area contributed by atoms with Gasteiger partial charge in [-0.2, -0.15) is 0 Å². The quantitative estimate of drug-likeness (QED) is 0.910. The molecule has 1 unspecified atom stereocenters. The Bertz CT molecular complexity index is 618. The fraction of sp³-hybridized carbons (Fsp3) is 0.316. The Balaban J connectivity index is 1.74. The van der Waals surface area contributed by atoms with Crippen LogP contribution in [0.1, 0.15) is 34.3 Å². The standard InChI is InChI=1S/C19H22N2O/c22-19(21-17-10-6-12-20-14-17)18-11-5-4-9-16(18)13-15-7-2-1-3-8-15/h1-5,7-9,11,17,20H,6,10,12-14H2,(H,21,22). The lowest BCUT2D eigenvalue weighted by Crippen LogP contribution is -2.45. The third kappa shape index (κ3) is 3.74. The molecule has 1 aliphatic heterocycles. The number of carbonyl (C=O) groups excluding carboxylic acids is 1. The fourth-order valence-corrected chi connectivity index (χ4v) is 2.95. The highest BCUT2D eigenvalue weighted by Gasteiger charge is 2.18. The van der Waals surface area contributed by atoms with Crippen LogP contribution in [0.2, 0.25) is 0 Å². The van der Waals surface area contributed by atoms with Gasteiger partial charge in [-0.3, -0.25) is 4.79 Å². The molecule has 3 heteroatoms. The first-order valence-electron chi connectivity index (χ1n) is 7.96. The van der Waals surface area contributed by atoms with E-state index < -0.39 is 0 Å². The van der Waals surface area contributed by atoms with Crippen LogP contribution in [0.15, 0.2) is 54.6 Å². The van der Waals surface area contributed by atoms with E-state index in [0.29, 0.717) is 0 Å². The first kappa shape index (κ1) is 14.8. The summed E-state index contributed by atoms with van der Waals surface area (Å²) in [6, 6.07) is 18.4. The largest absolute Gasteiger partial charge is 0.348 e. The molecule has 3 nitrogen and oxygen atoms in total. The fourth-order valence-electron chi connectivity index (χ4n) is 2.95. The second-order valence-electron chi connectivity index (χ2n) is 5.84. The van der Waals surface area contributed by atoms with Crippen LogP contribution in [0, 0.1) is 0 Å². The lowest BCUT2D eigenvalue weighted by Gasteiger charge is -2.24. The van der Waals surface area contributed by atoms with E-state index in [9.17, 15) is 4.79 Å². The molecule has 0 aliphatic carbocycles. The molecule has 22 heavy (non-hydrogen) atoms. The molecule has 0 spiro atoms. The smallest absolute Gasteiger partial charge is 0.251 e. The van der Waals surface area contributed by atoms with Crippen molar-refractivity contribution in [3.8, 4) is 0 Å². The normalized spacial score (nSPS) is 17.9. The second-order valence-corrected chi connectivity index (χ2v) is 5.84. The predicted octanol–water partition coefficient (Wildman–Crippen LogP) is 2.76. The van der Waals surface area contributed by atoms with E-state index in [1.54, 1.807) is 0 Å². The van der Waals surface area contributed by atoms with E-state index >= 15 is 0 Å². The maximum Gasteiger partial charge on any atom is 0.251 e. The number of hydrogen-bond acceptors (Lipinski definition) is 2. The van der Waals surface area contributed by atoms with Crippen molar-refractivity contribution in [2.45, 2.75) is 25.3 Å². The molecule has 1 atom stereocenters. The molecule has 3 rings (SSSR count). The first-order chi connectivity index (χ1) is 10.8. The highest BCUT2D eigenvalue weighted by atomic mass is 16.1. The van der Waals surface area contributed by atoms with E-state index in [2.05, 4.69) is 22.8 Å². The molecule has 0 bridgehead atoms. The van der Waals surface area contributed by atoms with Crippen molar-refractivity contribution in [3.63, 3.8) is 0 Å². The van der Waals surface area contributed by atoms with Gasteiger partial charge in [-0.15, -0.1) is 0 Å². The Morgan fingerprint density at radius 1 is 1.09 bits per heavy atom. The summed E-state index contributed by atoms with van der Waals surface area (Å²) < 4.78 is 0. The predicted molar refractivity (Wildman–Crippen MR) is 89.0 cm³/mol. The summed E-state index contributed by atoms with van der Waals surface area (Å²) in [5.41, 5.74) is 3.09. The van der Waals surface area contributed by atoms with Gasteiger partial charge in [-0.05, 0) is 43.0 Å². The summed E-state index contributed by atoms with van der Waals surface area (Å²) in [6.45, 7) is 1.92. The van der Waals surface area contributed by atoms with Crippen LogP contribution < -0.4 is 10.6 Å². The van der Waals surface area contributed by atoms with Crippen LogP contribution in [-0.4, -0.2) is 25.0 Å². The van der Waals surface area contributed by atoms with Crippen molar-refractivity contribution < 1.29 is 4.79 Å². The molecule has 2 aromatic rings. The van der Waals surface area contributed by atoms with Crippen LogP contribution in [0.3, 0.4) is 0 Å². The minimum atomic E-state index is 0.0419. The van der Waals surface area contributed by atoms with Gasteiger partial charge in [-0.25, -0.2) is 0 Å². The minimum Gasteiger partial charge on any atom is -0.348 e. The average Bonchev–Trinajstić information content (AvgIpc) is 2.57. The summed E-state index contributed by atoms with van der Waals surface area (Å²) in [7, 11) is 0. The van der Waals surface area contributed by atoms with Gasteiger partial charge in [0.1, 0.15) is 0 Å². The molecule has 1 heterocycles. The van der Waals surface area contributed by atoms with Crippen molar-refractivity contribution in [1.29, 1.82) is 0 Å². The molecule has 114 valence electrons. The number of amides is 1. The summed E-state index contributed by atoms with van der Waals surface area (Å²) in [4.78, 5) is 12.6. The van der Waals surface area contributed by atoms with Crippen molar-refractivity contribution in [2.24, 2.45) is 0 Å². The summed E-state index contributed by atoms with van der Waals surface area (Å²) >= 11 is 0. The van der Waals surface area contributed by atoms with Crippen LogP contribution in [0.5, 0.6) is 0 Å². The van der Waals surface area contributed by atoms with E-state index in [1.165, 1.54) is 5.56 Å². The van der Waals surface area contributed by atoms with Crippen LogP contribution >= 0.6 is 0 Å². The Morgan fingerprint density at radius 2 is 1.86 bits per heavy atom. The molecule has 2 N–H and O–H groups in total. The van der Waals surface area contributed by atoms with E-state index in [4.69, 9.17) is 0 Å². The van der Waals surface area contributed by atoms with Gasteiger partial charge < -0.3 is 10.6 Å². The van der Waals surface area contributed by atoms with Gasteiger partial charge in [-0.1, -0.05) is 48.5 Å². The van der Waals surface area contributed by atoms with Crippen molar-refractivity contribution in [1.82, 2.24) is 10.6 Å². The van der Waals surface area contributed by atoms with Crippen LogP contribution in [0.25, 0.3) is 0 Å². The summed E-state index contributed by atoms with van der Waals surface area (Å²) in [6.07, 6.45) is 2.96. The van der Waals surface area contributed by atoms with Crippen LogP contribution in [0.4, 0.5) is 0 Å². The summed E-state index contributed by atoms with van der Waals surface area (Å²) in [5, 5.41) is 6.49. The number of benzene rings is 2. The van der Waals surface area contributed by atoms with Crippen molar-refractivity contribution in [2.75, 3.05) is 13.1 Å². The molecule has 1 fully saturated rings. The molecule has 0 radical (unpaired) electrons. The molecule has 1 aliphatic rings. The van der Waals surface area contributed by atoms with Crippen molar-refractivity contribution >= 4 is 5.91 Å². The van der Waals surface area contributed by atoms with Gasteiger partial charge in [0.05, 0.1) is 0 Å². The maximum atomic E-state index is 12.6. The van der Waals surface area contributed by atoms with Gasteiger partial charge in [0, 0.05) is 18.2 Å². The zero-order chi connectivity index (χ0) is 15.2. The number of piperidine rings is 1. The van der Waals surface area contributed by atoms with Crippen LogP contribution in [-0.2, 0) is 6.42 Å². The zero-order valence-electron chi connectivity index (χ0n) is 12.7. The highest BCUT2D eigenvalue weighted by molar-refractivity contribution is 5.96. The number of hydrogen-bond donors (Lipinski definition) is 2. The Hall–Kier alpha value is -2.13.